The Balaban J connectivity index is 0.000000673. The SMILES string of the molecule is C=C(SC=C(C)C)c1ccccc1.O=CO. The van der Waals surface area contributed by atoms with Crippen molar-refractivity contribution in [2.24, 2.45) is 0 Å². The Labute approximate surface area is 101 Å². The highest BCUT2D eigenvalue weighted by atomic mass is 32.2. The molecule has 0 heterocycles. The molecule has 0 aliphatic rings. The Hall–Kier alpha value is -1.48. The lowest BCUT2D eigenvalue weighted by Gasteiger charge is -2.01. The molecule has 0 spiro atoms. The monoisotopic (exact) mass is 236 g/mol. The fourth-order valence-corrected chi connectivity index (χ4v) is 1.53. The second-order valence-corrected chi connectivity index (χ2v) is 4.17. The first-order valence-corrected chi connectivity index (χ1v) is 5.62. The molecule has 0 unspecified atom stereocenters. The lowest BCUT2D eigenvalue weighted by molar-refractivity contribution is -0.122. The molecule has 0 bridgehead atoms. The van der Waals surface area contributed by atoms with Gasteiger partial charge in [0.05, 0.1) is 0 Å². The number of hydrogen-bond acceptors (Lipinski definition) is 2. The van der Waals surface area contributed by atoms with Crippen molar-refractivity contribution < 1.29 is 9.90 Å². The average molecular weight is 236 g/mol. The van der Waals surface area contributed by atoms with E-state index in [2.05, 4.69) is 38.0 Å². The van der Waals surface area contributed by atoms with Crippen molar-refractivity contribution in [2.45, 2.75) is 13.8 Å². The molecule has 0 atom stereocenters. The van der Waals surface area contributed by atoms with Crippen molar-refractivity contribution in [3.05, 3.63) is 53.5 Å². The van der Waals surface area contributed by atoms with Crippen molar-refractivity contribution >= 4 is 23.1 Å². The zero-order chi connectivity index (χ0) is 12.4. The van der Waals surface area contributed by atoms with Crippen LogP contribution in [0, 0.1) is 0 Å². The molecule has 1 rings (SSSR count). The molecule has 0 saturated carbocycles. The highest BCUT2D eigenvalue weighted by molar-refractivity contribution is 8.10. The van der Waals surface area contributed by atoms with Crippen molar-refractivity contribution in [3.8, 4) is 0 Å². The standard InChI is InChI=1S/C12H14S.CH2O2/c1-10(2)9-13-11(3)12-7-5-4-6-8-12;2-1-3/h4-9H,3H2,1-2H3;1H,(H,2,3). The Morgan fingerprint density at radius 1 is 1.31 bits per heavy atom. The molecule has 3 heteroatoms. The molecule has 1 aromatic carbocycles. The third-order valence-electron chi connectivity index (χ3n) is 1.53. The maximum Gasteiger partial charge on any atom is 0.290 e. The van der Waals surface area contributed by atoms with Gasteiger partial charge in [-0.25, -0.2) is 0 Å². The lowest BCUT2D eigenvalue weighted by atomic mass is 10.2. The maximum atomic E-state index is 8.36. The first-order chi connectivity index (χ1) is 7.61. The Bertz CT molecular complexity index is 351. The Morgan fingerprint density at radius 3 is 2.25 bits per heavy atom. The first-order valence-electron chi connectivity index (χ1n) is 4.74. The van der Waals surface area contributed by atoms with Gasteiger partial charge in [0.15, 0.2) is 0 Å². The fraction of sp³-hybridized carbons (Fsp3) is 0.154. The molecule has 0 saturated heterocycles. The van der Waals surface area contributed by atoms with Crippen LogP contribution in [0.15, 0.2) is 47.9 Å². The third kappa shape index (κ3) is 6.90. The molecule has 0 aliphatic heterocycles. The predicted octanol–water partition coefficient (Wildman–Crippen LogP) is 4.02. The second-order valence-electron chi connectivity index (χ2n) is 3.21. The molecule has 0 radical (unpaired) electrons. The topological polar surface area (TPSA) is 37.3 Å². The number of hydrogen-bond donors (Lipinski definition) is 1. The van der Waals surface area contributed by atoms with E-state index in [0.29, 0.717) is 0 Å². The van der Waals surface area contributed by atoms with E-state index >= 15 is 0 Å². The molecule has 0 aromatic heterocycles. The normalized spacial score (nSPS) is 8.38. The van der Waals surface area contributed by atoms with Crippen LogP contribution in [0.5, 0.6) is 0 Å². The molecule has 86 valence electrons. The minimum atomic E-state index is -0.250. The summed E-state index contributed by atoms with van der Waals surface area (Å²) in [4.78, 5) is 9.46. The molecule has 1 aromatic rings. The van der Waals surface area contributed by atoms with Crippen molar-refractivity contribution in [1.82, 2.24) is 0 Å². The summed E-state index contributed by atoms with van der Waals surface area (Å²) in [7, 11) is 0. The van der Waals surface area contributed by atoms with Crippen LogP contribution in [-0.2, 0) is 4.79 Å². The Kier molecular flexibility index (Phi) is 7.98. The van der Waals surface area contributed by atoms with Crippen molar-refractivity contribution in [2.75, 3.05) is 0 Å². The van der Waals surface area contributed by atoms with Gasteiger partial charge in [-0.1, -0.05) is 54.2 Å². The number of carbonyl (C=O) groups is 1. The highest BCUT2D eigenvalue weighted by Gasteiger charge is 1.95. The number of carboxylic acid groups (broad SMARTS) is 1. The zero-order valence-corrected chi connectivity index (χ0v) is 10.3. The third-order valence-corrected chi connectivity index (χ3v) is 2.64. The molecule has 16 heavy (non-hydrogen) atoms. The van der Waals surface area contributed by atoms with Crippen LogP contribution in [0.3, 0.4) is 0 Å². The summed E-state index contributed by atoms with van der Waals surface area (Å²) in [6, 6.07) is 10.2. The largest absolute Gasteiger partial charge is 0.483 e. The number of rotatable bonds is 3. The van der Waals surface area contributed by atoms with E-state index in [1.54, 1.807) is 11.8 Å². The van der Waals surface area contributed by atoms with Crippen LogP contribution in [-0.4, -0.2) is 11.6 Å². The predicted molar refractivity (Wildman–Crippen MR) is 71.2 cm³/mol. The van der Waals surface area contributed by atoms with Gasteiger partial charge in [0.2, 0.25) is 0 Å². The number of benzene rings is 1. The van der Waals surface area contributed by atoms with Gasteiger partial charge in [-0.2, -0.15) is 0 Å². The van der Waals surface area contributed by atoms with E-state index in [9.17, 15) is 0 Å². The molecule has 2 nitrogen and oxygen atoms in total. The summed E-state index contributed by atoms with van der Waals surface area (Å²) >= 11 is 1.68. The number of thioether (sulfide) groups is 1. The lowest BCUT2D eigenvalue weighted by Crippen LogP contribution is -1.74. The van der Waals surface area contributed by atoms with Crippen LogP contribution in [0.4, 0.5) is 0 Å². The van der Waals surface area contributed by atoms with Crippen LogP contribution < -0.4 is 0 Å². The minimum absolute atomic E-state index is 0.250. The molecular formula is C13H16O2S. The van der Waals surface area contributed by atoms with Gasteiger partial charge in [0.25, 0.3) is 6.47 Å². The smallest absolute Gasteiger partial charge is 0.290 e. The molecule has 0 fully saturated rings. The van der Waals surface area contributed by atoms with Gasteiger partial charge in [0, 0.05) is 4.91 Å². The number of allylic oxidation sites excluding steroid dienone is 1. The fourth-order valence-electron chi connectivity index (χ4n) is 0.881. The maximum absolute atomic E-state index is 8.36. The van der Waals surface area contributed by atoms with Crippen LogP contribution in [0.1, 0.15) is 19.4 Å². The summed E-state index contributed by atoms with van der Waals surface area (Å²) in [5, 5.41) is 9.01. The van der Waals surface area contributed by atoms with Gasteiger partial charge in [-0.05, 0) is 24.8 Å². The van der Waals surface area contributed by atoms with E-state index in [0.717, 1.165) is 4.91 Å². The molecule has 1 N–H and O–H groups in total. The van der Waals surface area contributed by atoms with Crippen molar-refractivity contribution in [1.29, 1.82) is 0 Å². The molecule has 0 amide bonds. The average Bonchev–Trinajstić information content (AvgIpc) is 2.28. The Morgan fingerprint density at radius 2 is 1.81 bits per heavy atom. The second kappa shape index (κ2) is 8.80. The zero-order valence-electron chi connectivity index (χ0n) is 9.51. The summed E-state index contributed by atoms with van der Waals surface area (Å²) < 4.78 is 0. The van der Waals surface area contributed by atoms with Gasteiger partial charge in [-0.3, -0.25) is 4.79 Å². The van der Waals surface area contributed by atoms with E-state index in [1.807, 2.05) is 18.2 Å². The summed E-state index contributed by atoms with van der Waals surface area (Å²) in [5.41, 5.74) is 2.51. The van der Waals surface area contributed by atoms with Crippen molar-refractivity contribution in [3.63, 3.8) is 0 Å². The van der Waals surface area contributed by atoms with Gasteiger partial charge in [-0.15, -0.1) is 0 Å². The quantitative estimate of drug-likeness (QED) is 0.805. The van der Waals surface area contributed by atoms with Crippen LogP contribution in [0.2, 0.25) is 0 Å². The highest BCUT2D eigenvalue weighted by Crippen LogP contribution is 2.26. The van der Waals surface area contributed by atoms with Gasteiger partial charge >= 0.3 is 0 Å². The van der Waals surface area contributed by atoms with E-state index in [1.165, 1.54) is 11.1 Å². The van der Waals surface area contributed by atoms with E-state index < -0.39 is 0 Å². The minimum Gasteiger partial charge on any atom is -0.483 e. The summed E-state index contributed by atoms with van der Waals surface area (Å²) in [6.45, 7) is 7.94. The van der Waals surface area contributed by atoms with E-state index in [4.69, 9.17) is 9.90 Å². The van der Waals surface area contributed by atoms with Gasteiger partial charge < -0.3 is 5.11 Å². The van der Waals surface area contributed by atoms with Gasteiger partial charge in [0.1, 0.15) is 0 Å². The van der Waals surface area contributed by atoms with E-state index in [-0.39, 0.29) is 6.47 Å². The summed E-state index contributed by atoms with van der Waals surface area (Å²) in [6.07, 6.45) is 0. The molecular weight excluding hydrogens is 220 g/mol. The molecule has 0 aliphatic carbocycles. The first kappa shape index (κ1) is 14.5. The summed E-state index contributed by atoms with van der Waals surface area (Å²) in [5.74, 6) is 0. The van der Waals surface area contributed by atoms with Crippen LogP contribution >= 0.6 is 11.8 Å². The van der Waals surface area contributed by atoms with Crippen LogP contribution in [0.25, 0.3) is 4.91 Å².